The molecular weight excluding hydrogens is 322 g/mol. The predicted molar refractivity (Wildman–Crippen MR) is 92.8 cm³/mol. The first-order valence-electron chi connectivity index (χ1n) is 8.49. The number of amides is 1. The number of nitrogens with one attached hydrogen (secondary N) is 1. The number of carbonyl (C=O) groups is 1. The molecule has 1 N–H and O–H groups in total. The molecule has 2 aliphatic rings. The second kappa shape index (κ2) is 6.16. The fourth-order valence-electron chi connectivity index (χ4n) is 3.69. The molecule has 2 aliphatic carbocycles. The molecule has 126 valence electrons. The monoisotopic (exact) mass is 343 g/mol. The van der Waals surface area contributed by atoms with E-state index in [4.69, 9.17) is 4.74 Å². The zero-order valence-corrected chi connectivity index (χ0v) is 14.8. The van der Waals surface area contributed by atoms with E-state index in [0.29, 0.717) is 11.4 Å². The van der Waals surface area contributed by atoms with Crippen molar-refractivity contribution in [2.24, 2.45) is 0 Å². The Morgan fingerprint density at radius 3 is 3.00 bits per heavy atom. The smallest absolute Gasteiger partial charge is 0.257 e. The van der Waals surface area contributed by atoms with Gasteiger partial charge in [-0.05, 0) is 57.1 Å². The minimum Gasteiger partial charge on any atom is -0.480 e. The van der Waals surface area contributed by atoms with E-state index in [2.05, 4.69) is 15.3 Å². The normalized spacial score (nSPS) is 18.8. The van der Waals surface area contributed by atoms with Crippen LogP contribution in [-0.2, 0) is 19.3 Å². The van der Waals surface area contributed by atoms with E-state index in [0.717, 1.165) is 54.9 Å². The fourth-order valence-corrected chi connectivity index (χ4v) is 4.73. The molecule has 1 amide bonds. The van der Waals surface area contributed by atoms with Gasteiger partial charge in [-0.15, -0.1) is 11.3 Å². The number of aromatic nitrogens is 2. The van der Waals surface area contributed by atoms with Gasteiger partial charge < -0.3 is 10.1 Å². The van der Waals surface area contributed by atoms with Crippen LogP contribution in [-0.4, -0.2) is 23.0 Å². The van der Waals surface area contributed by atoms with Crippen LogP contribution < -0.4 is 10.1 Å². The second-order valence-electron chi connectivity index (χ2n) is 6.46. The van der Waals surface area contributed by atoms with Gasteiger partial charge in [-0.25, -0.2) is 9.97 Å². The summed E-state index contributed by atoms with van der Waals surface area (Å²) in [6.45, 7) is 2.02. The summed E-state index contributed by atoms with van der Waals surface area (Å²) in [4.78, 5) is 23.3. The lowest BCUT2D eigenvalue weighted by atomic mass is 9.97. The number of nitrogens with zero attached hydrogens (tertiary/aromatic N) is 2. The number of thiazole rings is 1. The molecule has 0 unspecified atom stereocenters. The highest BCUT2D eigenvalue weighted by atomic mass is 32.1. The average molecular weight is 343 g/mol. The highest BCUT2D eigenvalue weighted by Crippen LogP contribution is 2.34. The maximum Gasteiger partial charge on any atom is 0.257 e. The van der Waals surface area contributed by atoms with Crippen LogP contribution in [0.5, 0.6) is 5.88 Å². The lowest BCUT2D eigenvalue weighted by Crippen LogP contribution is -2.31. The zero-order valence-electron chi connectivity index (χ0n) is 14.0. The Balaban J connectivity index is 1.61. The predicted octanol–water partition coefficient (Wildman–Crippen LogP) is 3.15. The van der Waals surface area contributed by atoms with Crippen LogP contribution in [0.1, 0.15) is 62.5 Å². The Bertz CT molecular complexity index is 800. The summed E-state index contributed by atoms with van der Waals surface area (Å²) in [5, 5.41) is 4.22. The summed E-state index contributed by atoms with van der Waals surface area (Å²) in [6.07, 6.45) is 6.14. The van der Waals surface area contributed by atoms with Gasteiger partial charge in [0.1, 0.15) is 5.56 Å². The average Bonchev–Trinajstić information content (AvgIpc) is 3.18. The van der Waals surface area contributed by atoms with Crippen molar-refractivity contribution in [3.8, 4) is 5.88 Å². The maximum atomic E-state index is 12.9. The van der Waals surface area contributed by atoms with E-state index in [1.54, 1.807) is 18.4 Å². The van der Waals surface area contributed by atoms with E-state index < -0.39 is 0 Å². The van der Waals surface area contributed by atoms with Crippen LogP contribution in [0.25, 0.3) is 0 Å². The summed E-state index contributed by atoms with van der Waals surface area (Å²) in [5.74, 6) is 0.316. The van der Waals surface area contributed by atoms with Gasteiger partial charge in [0, 0.05) is 10.6 Å². The van der Waals surface area contributed by atoms with Crippen molar-refractivity contribution in [3.63, 3.8) is 0 Å². The van der Waals surface area contributed by atoms with Crippen molar-refractivity contribution < 1.29 is 9.53 Å². The number of aryl methyl sites for hydroxylation is 4. The van der Waals surface area contributed by atoms with E-state index in [-0.39, 0.29) is 11.9 Å². The standard InChI is InChI=1S/C18H21N3O2S/c1-10-19-16-14(7-4-8-15(16)24-10)20-17(22)12-9-11-5-3-6-13(11)21-18(12)23-2/h9,14H,3-8H2,1-2H3,(H,20,22)/t14-/m0/s1. The Labute approximate surface area is 145 Å². The van der Waals surface area contributed by atoms with Gasteiger partial charge >= 0.3 is 0 Å². The van der Waals surface area contributed by atoms with Crippen LogP contribution in [0.3, 0.4) is 0 Å². The molecule has 0 saturated carbocycles. The van der Waals surface area contributed by atoms with Gasteiger partial charge in [0.2, 0.25) is 5.88 Å². The number of rotatable bonds is 3. The Hall–Kier alpha value is -1.95. The first-order valence-corrected chi connectivity index (χ1v) is 9.31. The molecule has 0 fully saturated rings. The minimum absolute atomic E-state index is 0.0100. The summed E-state index contributed by atoms with van der Waals surface area (Å²) < 4.78 is 5.37. The molecule has 0 bridgehead atoms. The van der Waals surface area contributed by atoms with Crippen molar-refractivity contribution in [3.05, 3.63) is 38.5 Å². The minimum atomic E-state index is -0.113. The van der Waals surface area contributed by atoms with Gasteiger partial charge in [-0.3, -0.25) is 4.79 Å². The van der Waals surface area contributed by atoms with Crippen molar-refractivity contribution in [2.45, 2.75) is 51.5 Å². The number of pyridine rings is 1. The quantitative estimate of drug-likeness (QED) is 0.930. The van der Waals surface area contributed by atoms with E-state index in [1.807, 2.05) is 13.0 Å². The molecule has 0 radical (unpaired) electrons. The highest BCUT2D eigenvalue weighted by molar-refractivity contribution is 7.11. The molecule has 24 heavy (non-hydrogen) atoms. The third-order valence-corrected chi connectivity index (χ3v) is 5.87. The van der Waals surface area contributed by atoms with Gasteiger partial charge in [-0.1, -0.05) is 0 Å². The zero-order chi connectivity index (χ0) is 16.7. The molecule has 2 aromatic heterocycles. The third-order valence-electron chi connectivity index (χ3n) is 4.82. The molecule has 5 nitrogen and oxygen atoms in total. The largest absolute Gasteiger partial charge is 0.480 e. The Kier molecular flexibility index (Phi) is 4.00. The topological polar surface area (TPSA) is 64.1 Å². The first-order chi connectivity index (χ1) is 11.7. The Morgan fingerprint density at radius 1 is 1.29 bits per heavy atom. The molecule has 0 aliphatic heterocycles. The third kappa shape index (κ3) is 2.69. The summed E-state index contributed by atoms with van der Waals surface area (Å²) in [6, 6.07) is 1.95. The molecular formula is C18H21N3O2S. The molecule has 2 aromatic rings. The molecule has 0 saturated heterocycles. The molecule has 0 aromatic carbocycles. The number of methoxy groups -OCH3 is 1. The SMILES string of the molecule is COc1nc2c(cc1C(=O)N[C@H]1CCCc3sc(C)nc31)CCC2. The van der Waals surface area contributed by atoms with Crippen molar-refractivity contribution >= 4 is 17.2 Å². The molecule has 2 heterocycles. The number of hydrogen-bond donors (Lipinski definition) is 1. The summed E-state index contributed by atoms with van der Waals surface area (Å²) in [7, 11) is 1.57. The van der Waals surface area contributed by atoms with E-state index in [9.17, 15) is 4.79 Å². The molecule has 0 spiro atoms. The van der Waals surface area contributed by atoms with Crippen LogP contribution in [0.15, 0.2) is 6.07 Å². The first kappa shape index (κ1) is 15.6. The van der Waals surface area contributed by atoms with Gasteiger partial charge in [-0.2, -0.15) is 0 Å². The number of carbonyl (C=O) groups excluding carboxylic acids is 1. The van der Waals surface area contributed by atoms with Gasteiger partial charge in [0.25, 0.3) is 5.91 Å². The van der Waals surface area contributed by atoms with Crippen LogP contribution in [0.2, 0.25) is 0 Å². The number of ether oxygens (including phenoxy) is 1. The summed E-state index contributed by atoms with van der Waals surface area (Å²) in [5.41, 5.74) is 3.83. The second-order valence-corrected chi connectivity index (χ2v) is 7.75. The van der Waals surface area contributed by atoms with E-state index in [1.165, 1.54) is 10.4 Å². The highest BCUT2D eigenvalue weighted by Gasteiger charge is 2.28. The maximum absolute atomic E-state index is 12.9. The summed E-state index contributed by atoms with van der Waals surface area (Å²) >= 11 is 1.74. The fraction of sp³-hybridized carbons (Fsp3) is 0.500. The Morgan fingerprint density at radius 2 is 2.17 bits per heavy atom. The van der Waals surface area contributed by atoms with E-state index >= 15 is 0 Å². The number of hydrogen-bond acceptors (Lipinski definition) is 5. The van der Waals surface area contributed by atoms with Crippen LogP contribution in [0.4, 0.5) is 0 Å². The molecule has 4 rings (SSSR count). The lowest BCUT2D eigenvalue weighted by Gasteiger charge is -2.22. The van der Waals surface area contributed by atoms with Crippen LogP contribution >= 0.6 is 11.3 Å². The van der Waals surface area contributed by atoms with Gasteiger partial charge in [0.15, 0.2) is 0 Å². The number of fused-ring (bicyclic) bond motifs is 2. The molecule has 6 heteroatoms. The van der Waals surface area contributed by atoms with Crippen molar-refractivity contribution in [1.29, 1.82) is 0 Å². The van der Waals surface area contributed by atoms with Crippen molar-refractivity contribution in [1.82, 2.24) is 15.3 Å². The van der Waals surface area contributed by atoms with Gasteiger partial charge in [0.05, 0.1) is 23.9 Å². The lowest BCUT2D eigenvalue weighted by molar-refractivity contribution is 0.0928. The van der Waals surface area contributed by atoms with Crippen LogP contribution in [0, 0.1) is 6.92 Å². The van der Waals surface area contributed by atoms with Crippen molar-refractivity contribution in [2.75, 3.05) is 7.11 Å². The molecule has 1 atom stereocenters.